The lowest BCUT2D eigenvalue weighted by atomic mass is 10.0. The summed E-state index contributed by atoms with van der Waals surface area (Å²) in [4.78, 5) is 23.2. The molecule has 0 radical (unpaired) electrons. The van der Waals surface area contributed by atoms with Gasteiger partial charge in [0.15, 0.2) is 11.5 Å². The van der Waals surface area contributed by atoms with Crippen LogP contribution in [0.2, 0.25) is 0 Å². The zero-order valence-electron chi connectivity index (χ0n) is 20.8. The maximum atomic E-state index is 13.1. The summed E-state index contributed by atoms with van der Waals surface area (Å²) < 4.78 is 50.4. The summed E-state index contributed by atoms with van der Waals surface area (Å²) in [7, 11) is 1.30. The predicted molar refractivity (Wildman–Crippen MR) is 138 cm³/mol. The van der Waals surface area contributed by atoms with Crippen molar-refractivity contribution in [3.63, 3.8) is 0 Å². The predicted octanol–water partition coefficient (Wildman–Crippen LogP) is 7.00. The fourth-order valence-corrected chi connectivity index (χ4v) is 3.61. The Hall–Kier alpha value is -5.11. The van der Waals surface area contributed by atoms with Gasteiger partial charge in [-0.3, -0.25) is 14.9 Å². The number of methoxy groups -OCH3 is 1. The van der Waals surface area contributed by atoms with Crippen LogP contribution in [0.5, 0.6) is 17.2 Å². The Morgan fingerprint density at radius 3 is 2.51 bits per heavy atom. The molecule has 1 N–H and O–H groups in total. The third kappa shape index (κ3) is 7.01. The molecule has 0 heterocycles. The molecular weight excluding hydrogens is 515 g/mol. The fraction of sp³-hybridized carbons (Fsp3) is 0.143. The van der Waals surface area contributed by atoms with Crippen molar-refractivity contribution in [1.82, 2.24) is 0 Å². The average molecular weight is 537 g/mol. The molecular formula is C28H22F3N3O5. The molecule has 11 heteroatoms. The van der Waals surface area contributed by atoms with Gasteiger partial charge in [-0.15, -0.1) is 6.58 Å². The maximum absolute atomic E-state index is 13.1. The molecule has 0 fully saturated rings. The van der Waals surface area contributed by atoms with Gasteiger partial charge in [0, 0.05) is 17.3 Å². The molecule has 0 bridgehead atoms. The average Bonchev–Trinajstić information content (AvgIpc) is 2.87. The van der Waals surface area contributed by atoms with Crippen LogP contribution in [0.1, 0.15) is 22.3 Å². The van der Waals surface area contributed by atoms with Gasteiger partial charge in [-0.05, 0) is 66.9 Å². The highest BCUT2D eigenvalue weighted by atomic mass is 19.4. The van der Waals surface area contributed by atoms with Crippen LogP contribution in [0.4, 0.5) is 24.5 Å². The number of benzene rings is 3. The molecule has 0 atom stereocenters. The van der Waals surface area contributed by atoms with Crippen molar-refractivity contribution >= 4 is 23.4 Å². The molecule has 0 unspecified atom stereocenters. The molecule has 0 aromatic heterocycles. The van der Waals surface area contributed by atoms with E-state index >= 15 is 0 Å². The van der Waals surface area contributed by atoms with Gasteiger partial charge in [-0.2, -0.15) is 18.4 Å². The van der Waals surface area contributed by atoms with Gasteiger partial charge in [0.05, 0.1) is 17.6 Å². The van der Waals surface area contributed by atoms with Gasteiger partial charge >= 0.3 is 11.9 Å². The molecule has 0 saturated carbocycles. The second-order valence-corrected chi connectivity index (χ2v) is 8.24. The van der Waals surface area contributed by atoms with Gasteiger partial charge in [-0.1, -0.05) is 18.2 Å². The second-order valence-electron chi connectivity index (χ2n) is 8.24. The van der Waals surface area contributed by atoms with E-state index in [1.165, 1.54) is 25.3 Å². The number of aryl methyl sites for hydroxylation is 1. The Balaban J connectivity index is 2.04. The van der Waals surface area contributed by atoms with E-state index in [9.17, 15) is 33.3 Å². The number of nitriles is 1. The van der Waals surface area contributed by atoms with Crippen molar-refractivity contribution in [2.75, 3.05) is 12.4 Å². The largest absolute Gasteiger partial charge is 0.493 e. The highest BCUT2D eigenvalue weighted by Crippen LogP contribution is 2.42. The summed E-state index contributed by atoms with van der Waals surface area (Å²) >= 11 is 0. The first kappa shape index (κ1) is 28.5. The molecule has 0 spiro atoms. The van der Waals surface area contributed by atoms with Crippen molar-refractivity contribution in [3.05, 3.63) is 105 Å². The minimum Gasteiger partial charge on any atom is -0.493 e. The maximum Gasteiger partial charge on any atom is 0.416 e. The molecule has 200 valence electrons. The lowest BCUT2D eigenvalue weighted by molar-refractivity contribution is -0.385. The van der Waals surface area contributed by atoms with Crippen LogP contribution in [-0.4, -0.2) is 17.9 Å². The summed E-state index contributed by atoms with van der Waals surface area (Å²) in [5.41, 5.74) is -0.121. The normalized spacial score (nSPS) is 11.3. The number of nitrogens with zero attached hydrogens (tertiary/aromatic N) is 2. The van der Waals surface area contributed by atoms with Gasteiger partial charge in [-0.25, -0.2) is 0 Å². The second kappa shape index (κ2) is 12.0. The number of anilines is 1. The van der Waals surface area contributed by atoms with Crippen molar-refractivity contribution in [1.29, 1.82) is 5.26 Å². The van der Waals surface area contributed by atoms with E-state index in [0.29, 0.717) is 28.9 Å². The van der Waals surface area contributed by atoms with Crippen LogP contribution in [0.3, 0.4) is 0 Å². The summed E-state index contributed by atoms with van der Waals surface area (Å²) in [6.45, 7) is 5.53. The van der Waals surface area contributed by atoms with E-state index in [2.05, 4.69) is 11.9 Å². The first-order valence-electron chi connectivity index (χ1n) is 11.3. The zero-order chi connectivity index (χ0) is 28.7. The summed E-state index contributed by atoms with van der Waals surface area (Å²) in [5, 5.41) is 23.8. The van der Waals surface area contributed by atoms with Crippen LogP contribution in [0.25, 0.3) is 6.08 Å². The molecule has 0 aliphatic carbocycles. The molecule has 0 aliphatic rings. The third-order valence-electron chi connectivity index (χ3n) is 5.39. The Morgan fingerprint density at radius 2 is 1.92 bits per heavy atom. The fourth-order valence-electron chi connectivity index (χ4n) is 3.61. The van der Waals surface area contributed by atoms with Gasteiger partial charge in [0.1, 0.15) is 11.6 Å². The summed E-state index contributed by atoms with van der Waals surface area (Å²) in [5.74, 6) is -1.02. The quantitative estimate of drug-likeness (QED) is 0.103. The number of nitro benzene ring substituents is 1. The zero-order valence-corrected chi connectivity index (χ0v) is 20.8. The summed E-state index contributed by atoms with van der Waals surface area (Å²) in [6, 6.07) is 13.8. The lowest BCUT2D eigenvalue weighted by Gasteiger charge is -2.16. The number of hydrogen-bond acceptors (Lipinski definition) is 6. The Morgan fingerprint density at radius 1 is 1.18 bits per heavy atom. The standard InChI is InChI=1S/C28H22F3N3O5/c1-4-6-19-12-18(13-20(16-32)27(35)33-22-8-5-7-17(2)11-22)14-25(38-3)26(19)39-24-10-9-21(28(29,30)31)15-23(24)34(36)37/h4-5,7-15H,1,6H2,2-3H3,(H,33,35)/b20-13+. The molecule has 3 rings (SSSR count). The number of nitrogens with one attached hydrogen (secondary N) is 1. The number of rotatable bonds is 9. The van der Waals surface area contributed by atoms with Gasteiger partial charge in [0.25, 0.3) is 5.91 Å². The monoisotopic (exact) mass is 537 g/mol. The lowest BCUT2D eigenvalue weighted by Crippen LogP contribution is -2.13. The minimum absolute atomic E-state index is 0.000119. The van der Waals surface area contributed by atoms with Crippen molar-refractivity contribution < 1.29 is 32.4 Å². The number of nitro groups is 1. The van der Waals surface area contributed by atoms with Crippen molar-refractivity contribution in [2.24, 2.45) is 0 Å². The Kier molecular flexibility index (Phi) is 8.73. The number of halogens is 3. The van der Waals surface area contributed by atoms with E-state index in [1.807, 2.05) is 19.1 Å². The molecule has 0 aliphatic heterocycles. The van der Waals surface area contributed by atoms with Gasteiger partial charge < -0.3 is 14.8 Å². The van der Waals surface area contributed by atoms with Crippen LogP contribution in [0, 0.1) is 28.4 Å². The third-order valence-corrected chi connectivity index (χ3v) is 5.39. The number of alkyl halides is 3. The number of carbonyl (C=O) groups excluding carboxylic acids is 1. The number of hydrogen-bond donors (Lipinski definition) is 1. The number of allylic oxidation sites excluding steroid dienone is 1. The van der Waals surface area contributed by atoms with E-state index in [0.717, 1.165) is 11.6 Å². The van der Waals surface area contributed by atoms with Crippen LogP contribution >= 0.6 is 0 Å². The van der Waals surface area contributed by atoms with Crippen molar-refractivity contribution in [2.45, 2.75) is 19.5 Å². The first-order valence-corrected chi connectivity index (χ1v) is 11.3. The van der Waals surface area contributed by atoms with Gasteiger partial charge in [0.2, 0.25) is 5.75 Å². The molecule has 8 nitrogen and oxygen atoms in total. The number of carbonyl (C=O) groups is 1. The van der Waals surface area contributed by atoms with Crippen molar-refractivity contribution in [3.8, 4) is 23.3 Å². The van der Waals surface area contributed by atoms with E-state index < -0.39 is 34.0 Å². The molecule has 3 aromatic carbocycles. The highest BCUT2D eigenvalue weighted by molar-refractivity contribution is 6.09. The van der Waals surface area contributed by atoms with Crippen LogP contribution in [0.15, 0.2) is 72.8 Å². The van der Waals surface area contributed by atoms with Crippen LogP contribution in [-0.2, 0) is 17.4 Å². The topological polar surface area (TPSA) is 114 Å². The minimum atomic E-state index is -4.78. The van der Waals surface area contributed by atoms with Crippen LogP contribution < -0.4 is 14.8 Å². The SMILES string of the molecule is C=CCc1cc(/C=C(\C#N)C(=O)Nc2cccc(C)c2)cc(OC)c1Oc1ccc(C(F)(F)F)cc1[N+](=O)[O-]. The molecule has 0 saturated heterocycles. The van der Waals surface area contributed by atoms with E-state index in [-0.39, 0.29) is 23.5 Å². The van der Waals surface area contributed by atoms with E-state index in [1.54, 1.807) is 24.3 Å². The summed E-state index contributed by atoms with van der Waals surface area (Å²) in [6.07, 6.45) is -1.79. The Bertz CT molecular complexity index is 1510. The smallest absolute Gasteiger partial charge is 0.416 e. The number of ether oxygens (including phenoxy) is 2. The first-order chi connectivity index (χ1) is 18.5. The Labute approximate surface area is 221 Å². The van der Waals surface area contributed by atoms with E-state index in [4.69, 9.17) is 9.47 Å². The number of amides is 1. The highest BCUT2D eigenvalue weighted by Gasteiger charge is 2.33. The molecule has 39 heavy (non-hydrogen) atoms. The molecule has 1 amide bonds. The molecule has 3 aromatic rings.